The van der Waals surface area contributed by atoms with Gasteiger partial charge in [-0.2, -0.15) is 0 Å². The number of sulfonamides is 1. The van der Waals surface area contributed by atoms with Crippen LogP contribution in [0, 0.1) is 12.8 Å². The van der Waals surface area contributed by atoms with Crippen LogP contribution in [0.5, 0.6) is 5.75 Å². The summed E-state index contributed by atoms with van der Waals surface area (Å²) in [6.45, 7) is 9.04. The van der Waals surface area contributed by atoms with Gasteiger partial charge in [0.1, 0.15) is 5.75 Å². The molecule has 10 heteroatoms. The van der Waals surface area contributed by atoms with Crippen LogP contribution in [0.4, 0.5) is 5.69 Å². The van der Waals surface area contributed by atoms with Crippen molar-refractivity contribution in [3.8, 4) is 5.75 Å². The fraction of sp³-hybridized carbons (Fsp3) is 0.552. The lowest BCUT2D eigenvalue weighted by atomic mass is 10.0. The number of aryl methyl sites for hydroxylation is 1. The van der Waals surface area contributed by atoms with Gasteiger partial charge in [0.15, 0.2) is 0 Å². The molecule has 1 aliphatic rings. The third-order valence-corrected chi connectivity index (χ3v) is 8.44. The molecule has 0 saturated carbocycles. The quantitative estimate of drug-likeness (QED) is 0.471. The smallest absolute Gasteiger partial charge is 0.261 e. The Hall–Kier alpha value is -2.66. The van der Waals surface area contributed by atoms with Crippen molar-refractivity contribution in [1.29, 1.82) is 0 Å². The fourth-order valence-corrected chi connectivity index (χ4v) is 5.66. The van der Waals surface area contributed by atoms with Gasteiger partial charge in [-0.1, -0.05) is 24.6 Å². The molecule has 39 heavy (non-hydrogen) atoms. The molecular formula is C29H43N3O6S. The molecule has 1 amide bonds. The van der Waals surface area contributed by atoms with E-state index in [1.54, 1.807) is 48.2 Å². The molecular weight excluding hydrogens is 518 g/mol. The first kappa shape index (κ1) is 30.9. The molecule has 2 aromatic rings. The Labute approximate surface area is 232 Å². The predicted molar refractivity (Wildman–Crippen MR) is 153 cm³/mol. The van der Waals surface area contributed by atoms with Crippen LogP contribution < -0.4 is 14.8 Å². The standard InChI is InChI=1S/C29H43N3O6S/c1-20-9-12-25(13-10-20)39(35,36)31-24-11-14-27-26(16-24)29(34)32(22(3)19-33)18-21(2)28(17-30-5)37-15-7-6-8-23(4)38-27/h9-14,16,21-23,28,30-31,33H,6-8,15,17-19H2,1-5H3/t21-,22+,23+,28-/m0/s1. The van der Waals surface area contributed by atoms with Crippen LogP contribution in [-0.4, -0.2) is 75.9 Å². The van der Waals surface area contributed by atoms with Gasteiger partial charge in [0, 0.05) is 31.3 Å². The number of rotatable bonds is 7. The Bertz CT molecular complexity index is 1190. The maximum atomic E-state index is 14.1. The minimum atomic E-state index is -3.87. The number of benzene rings is 2. The number of carbonyl (C=O) groups excluding carboxylic acids is 1. The predicted octanol–water partition coefficient (Wildman–Crippen LogP) is 3.81. The lowest BCUT2D eigenvalue weighted by Crippen LogP contribution is -2.47. The number of aliphatic hydroxyl groups is 1. The average molecular weight is 562 g/mol. The van der Waals surface area contributed by atoms with Crippen LogP contribution in [0.25, 0.3) is 0 Å². The Balaban J connectivity index is 2.02. The molecule has 4 atom stereocenters. The number of amides is 1. The normalized spacial score (nSPS) is 22.4. The van der Waals surface area contributed by atoms with Crippen molar-refractivity contribution in [3.63, 3.8) is 0 Å². The molecule has 2 aromatic carbocycles. The number of ether oxygens (including phenoxy) is 2. The molecule has 0 aromatic heterocycles. The summed E-state index contributed by atoms with van der Waals surface area (Å²) < 4.78 is 41.1. The number of likely N-dealkylation sites (N-methyl/N-ethyl adjacent to an activating group) is 1. The Morgan fingerprint density at radius 3 is 2.51 bits per heavy atom. The fourth-order valence-electron chi connectivity index (χ4n) is 4.61. The Kier molecular flexibility index (Phi) is 11.2. The number of aliphatic hydroxyl groups excluding tert-OH is 1. The number of nitrogens with zero attached hydrogens (tertiary/aromatic N) is 1. The second-order valence-electron chi connectivity index (χ2n) is 10.5. The van der Waals surface area contributed by atoms with E-state index in [1.165, 1.54) is 6.07 Å². The second kappa shape index (κ2) is 14.1. The molecule has 3 N–H and O–H groups in total. The summed E-state index contributed by atoms with van der Waals surface area (Å²) in [5.74, 6) is 0.0146. The van der Waals surface area contributed by atoms with Crippen LogP contribution in [0.3, 0.4) is 0 Å². The molecule has 0 bridgehead atoms. The highest BCUT2D eigenvalue weighted by atomic mass is 32.2. The van der Waals surface area contributed by atoms with E-state index in [-0.39, 0.29) is 46.8 Å². The zero-order valence-electron chi connectivity index (χ0n) is 23.6. The van der Waals surface area contributed by atoms with Crippen molar-refractivity contribution in [2.75, 3.05) is 38.1 Å². The molecule has 0 fully saturated rings. The van der Waals surface area contributed by atoms with Crippen molar-refractivity contribution < 1.29 is 27.8 Å². The van der Waals surface area contributed by atoms with E-state index >= 15 is 0 Å². The van der Waals surface area contributed by atoms with Crippen LogP contribution in [-0.2, 0) is 14.8 Å². The van der Waals surface area contributed by atoms with Gasteiger partial charge in [0.2, 0.25) is 0 Å². The summed E-state index contributed by atoms with van der Waals surface area (Å²) in [5, 5.41) is 13.2. The highest BCUT2D eigenvalue weighted by molar-refractivity contribution is 7.92. The largest absolute Gasteiger partial charge is 0.490 e. The van der Waals surface area contributed by atoms with E-state index in [9.17, 15) is 18.3 Å². The molecule has 216 valence electrons. The second-order valence-corrected chi connectivity index (χ2v) is 12.2. The first-order chi connectivity index (χ1) is 18.6. The molecule has 0 saturated heterocycles. The van der Waals surface area contributed by atoms with Crippen molar-refractivity contribution >= 4 is 21.6 Å². The molecule has 0 spiro atoms. The van der Waals surface area contributed by atoms with Gasteiger partial charge in [-0.05, 0) is 77.4 Å². The number of hydrogen-bond acceptors (Lipinski definition) is 7. The molecule has 3 rings (SSSR count). The van der Waals surface area contributed by atoms with Crippen molar-refractivity contribution in [2.24, 2.45) is 5.92 Å². The summed E-state index contributed by atoms with van der Waals surface area (Å²) in [4.78, 5) is 15.8. The van der Waals surface area contributed by atoms with Gasteiger partial charge in [-0.15, -0.1) is 0 Å². The monoisotopic (exact) mass is 561 g/mol. The van der Waals surface area contributed by atoms with Crippen molar-refractivity contribution in [1.82, 2.24) is 10.2 Å². The minimum Gasteiger partial charge on any atom is -0.490 e. The number of nitrogens with one attached hydrogen (secondary N) is 2. The summed E-state index contributed by atoms with van der Waals surface area (Å²) in [7, 11) is -2.00. The topological polar surface area (TPSA) is 117 Å². The lowest BCUT2D eigenvalue weighted by molar-refractivity contribution is -0.000450. The van der Waals surface area contributed by atoms with Gasteiger partial charge in [0.25, 0.3) is 15.9 Å². The molecule has 1 aliphatic heterocycles. The zero-order chi connectivity index (χ0) is 28.6. The van der Waals surface area contributed by atoms with Crippen molar-refractivity contribution in [2.45, 2.75) is 70.1 Å². The first-order valence-corrected chi connectivity index (χ1v) is 15.1. The van der Waals surface area contributed by atoms with Crippen LogP contribution >= 0.6 is 0 Å². The first-order valence-electron chi connectivity index (χ1n) is 13.6. The summed E-state index contributed by atoms with van der Waals surface area (Å²) in [6.07, 6.45) is 2.31. The molecule has 9 nitrogen and oxygen atoms in total. The van der Waals surface area contributed by atoms with E-state index in [1.807, 2.05) is 27.8 Å². The molecule has 0 aliphatic carbocycles. The zero-order valence-corrected chi connectivity index (χ0v) is 24.5. The van der Waals surface area contributed by atoms with E-state index in [2.05, 4.69) is 10.0 Å². The Morgan fingerprint density at radius 1 is 1.13 bits per heavy atom. The van der Waals surface area contributed by atoms with E-state index < -0.39 is 16.1 Å². The van der Waals surface area contributed by atoms with Crippen LogP contribution in [0.1, 0.15) is 56.0 Å². The van der Waals surface area contributed by atoms with Crippen molar-refractivity contribution in [3.05, 3.63) is 53.6 Å². The van der Waals surface area contributed by atoms with Gasteiger partial charge in [-0.3, -0.25) is 9.52 Å². The molecule has 1 heterocycles. The summed E-state index contributed by atoms with van der Waals surface area (Å²) in [6, 6.07) is 10.8. The van der Waals surface area contributed by atoms with Gasteiger partial charge in [-0.25, -0.2) is 8.42 Å². The van der Waals surface area contributed by atoms with Crippen LogP contribution in [0.15, 0.2) is 47.4 Å². The third kappa shape index (κ3) is 8.41. The van der Waals surface area contributed by atoms with E-state index in [0.717, 1.165) is 24.8 Å². The molecule has 0 radical (unpaired) electrons. The summed E-state index contributed by atoms with van der Waals surface area (Å²) in [5.41, 5.74) is 1.44. The van der Waals surface area contributed by atoms with Gasteiger partial charge < -0.3 is 24.8 Å². The van der Waals surface area contributed by atoms with E-state index in [4.69, 9.17) is 9.47 Å². The number of fused-ring (bicyclic) bond motifs is 1. The number of carbonyl (C=O) groups is 1. The Morgan fingerprint density at radius 2 is 1.85 bits per heavy atom. The number of hydrogen-bond donors (Lipinski definition) is 3. The third-order valence-electron chi connectivity index (χ3n) is 7.04. The van der Waals surface area contributed by atoms with Gasteiger partial charge >= 0.3 is 0 Å². The molecule has 0 unspecified atom stereocenters. The highest BCUT2D eigenvalue weighted by Gasteiger charge is 2.30. The summed E-state index contributed by atoms with van der Waals surface area (Å²) >= 11 is 0. The van der Waals surface area contributed by atoms with E-state index in [0.29, 0.717) is 25.4 Å². The minimum absolute atomic E-state index is 0.0233. The maximum Gasteiger partial charge on any atom is 0.261 e. The maximum absolute atomic E-state index is 14.1. The highest BCUT2D eigenvalue weighted by Crippen LogP contribution is 2.29. The average Bonchev–Trinajstić information content (AvgIpc) is 2.90. The SMILES string of the molecule is CNC[C@@H]1OCCCC[C@@H](C)Oc2ccc(NS(=O)(=O)c3ccc(C)cc3)cc2C(=O)N([C@H](C)CO)C[C@@H]1C. The van der Waals surface area contributed by atoms with Crippen LogP contribution in [0.2, 0.25) is 0 Å². The lowest BCUT2D eigenvalue weighted by Gasteiger charge is -2.34. The number of anilines is 1. The van der Waals surface area contributed by atoms with Gasteiger partial charge in [0.05, 0.1) is 35.3 Å².